The van der Waals surface area contributed by atoms with Crippen molar-refractivity contribution >= 4 is 73.9 Å². The third-order valence-electron chi connectivity index (χ3n) is 7.76. The molecule has 8 aromatic rings. The van der Waals surface area contributed by atoms with Crippen molar-refractivity contribution in [2.75, 3.05) is 21.7 Å². The molecule has 0 aliphatic carbocycles. The fraction of sp³-hybridized carbons (Fsp3) is 0.0286. The van der Waals surface area contributed by atoms with Gasteiger partial charge in [-0.1, -0.05) is 6.07 Å². The van der Waals surface area contributed by atoms with Crippen LogP contribution >= 0.6 is 0 Å². The summed E-state index contributed by atoms with van der Waals surface area (Å²) in [5.74, 6) is -0.202. The van der Waals surface area contributed by atoms with E-state index >= 15 is 0 Å². The third kappa shape index (κ3) is 6.72. The van der Waals surface area contributed by atoms with Crippen LogP contribution in [0.3, 0.4) is 0 Å². The lowest BCUT2D eigenvalue weighted by Gasteiger charge is -2.22. The molecule has 8 rings (SSSR count). The Labute approximate surface area is 293 Å². The average molecular weight is 697 g/mol. The molecule has 17 nitrogen and oxygen atoms in total. The first-order valence-corrected chi connectivity index (χ1v) is 15.5. The first-order valence-electron chi connectivity index (χ1n) is 15.5. The molecule has 0 saturated carbocycles. The Balaban J connectivity index is 0.000000162. The van der Waals surface area contributed by atoms with Crippen molar-refractivity contribution in [1.29, 1.82) is 0 Å². The van der Waals surface area contributed by atoms with Gasteiger partial charge in [-0.3, -0.25) is 24.5 Å². The number of anilines is 7. The number of furan rings is 1. The van der Waals surface area contributed by atoms with Gasteiger partial charge < -0.3 is 32.3 Å². The number of nitrogens with zero attached hydrogens (tertiary/aromatic N) is 7. The van der Waals surface area contributed by atoms with E-state index < -0.39 is 5.91 Å². The highest BCUT2D eigenvalue weighted by molar-refractivity contribution is 6.02. The molecule has 0 aliphatic rings. The molecule has 5 aromatic heterocycles. The Kier molecular flexibility index (Phi) is 9.02. The maximum Gasteiger partial charge on any atom is 0.255 e. The Morgan fingerprint density at radius 2 is 1.42 bits per heavy atom. The predicted octanol–water partition coefficient (Wildman–Crippen LogP) is 5.24. The van der Waals surface area contributed by atoms with Crippen LogP contribution in [0.5, 0.6) is 0 Å². The van der Waals surface area contributed by atoms with Crippen molar-refractivity contribution in [1.82, 2.24) is 35.9 Å². The molecule has 0 fully saturated rings. The highest BCUT2D eigenvalue weighted by Crippen LogP contribution is 2.39. The SMILES string of the molecule is NC(=O)c1ccc(N(c2ccco2)c2ccc(N)c3nonc23)cc1.Nc1ccc(Nc2ccncc2C(=O)NCc2cccnc2)c2nonc12. The second kappa shape index (κ2) is 14.3. The fourth-order valence-electron chi connectivity index (χ4n) is 5.21. The summed E-state index contributed by atoms with van der Waals surface area (Å²) in [6.07, 6.45) is 8.04. The summed E-state index contributed by atoms with van der Waals surface area (Å²) in [6.45, 7) is 0.361. The lowest BCUT2D eigenvalue weighted by Crippen LogP contribution is -2.23. The van der Waals surface area contributed by atoms with E-state index in [1.165, 1.54) is 6.20 Å². The van der Waals surface area contributed by atoms with Crippen molar-refractivity contribution in [3.63, 3.8) is 0 Å². The van der Waals surface area contributed by atoms with Crippen LogP contribution in [0.25, 0.3) is 22.1 Å². The number of carbonyl (C=O) groups is 2. The van der Waals surface area contributed by atoms with Gasteiger partial charge >= 0.3 is 0 Å². The average Bonchev–Trinajstić information content (AvgIpc) is 3.98. The quantitative estimate of drug-likeness (QED) is 0.121. The lowest BCUT2D eigenvalue weighted by atomic mass is 10.1. The normalized spacial score (nSPS) is 10.8. The van der Waals surface area contributed by atoms with Gasteiger partial charge in [-0.05, 0) is 92.9 Å². The molecule has 5 heterocycles. The van der Waals surface area contributed by atoms with Gasteiger partial charge in [0.25, 0.3) is 5.91 Å². The molecule has 17 heteroatoms. The smallest absolute Gasteiger partial charge is 0.255 e. The number of benzene rings is 3. The maximum atomic E-state index is 12.6. The van der Waals surface area contributed by atoms with Crippen molar-refractivity contribution in [3.8, 4) is 0 Å². The topological polar surface area (TPSA) is 256 Å². The molecular formula is C35H28N12O5. The maximum absolute atomic E-state index is 12.6. The number of aromatic nitrogens is 6. The van der Waals surface area contributed by atoms with Gasteiger partial charge in [0.2, 0.25) is 11.8 Å². The monoisotopic (exact) mass is 696 g/mol. The minimum atomic E-state index is -0.494. The molecule has 258 valence electrons. The van der Waals surface area contributed by atoms with Crippen LogP contribution in [-0.4, -0.2) is 42.4 Å². The minimum Gasteiger partial charge on any atom is -0.448 e. The second-order valence-electron chi connectivity index (χ2n) is 11.1. The van der Waals surface area contributed by atoms with E-state index in [9.17, 15) is 9.59 Å². The molecule has 0 radical (unpaired) electrons. The zero-order chi connectivity index (χ0) is 36.0. The fourth-order valence-corrected chi connectivity index (χ4v) is 5.21. The minimum absolute atomic E-state index is 0.264. The molecule has 0 atom stereocenters. The van der Waals surface area contributed by atoms with E-state index in [1.54, 1.807) is 91.6 Å². The van der Waals surface area contributed by atoms with Gasteiger partial charge in [0.05, 0.1) is 40.3 Å². The zero-order valence-corrected chi connectivity index (χ0v) is 27.0. The van der Waals surface area contributed by atoms with Crippen LogP contribution in [0.1, 0.15) is 26.3 Å². The Morgan fingerprint density at radius 1 is 0.712 bits per heavy atom. The molecule has 8 N–H and O–H groups in total. The number of pyridine rings is 2. The van der Waals surface area contributed by atoms with E-state index in [0.717, 1.165) is 11.3 Å². The zero-order valence-electron chi connectivity index (χ0n) is 27.0. The van der Waals surface area contributed by atoms with Crippen molar-refractivity contribution in [2.24, 2.45) is 5.73 Å². The highest BCUT2D eigenvalue weighted by Gasteiger charge is 2.21. The number of nitrogen functional groups attached to an aromatic ring is 2. The third-order valence-corrected chi connectivity index (χ3v) is 7.76. The molecule has 0 saturated heterocycles. The number of amides is 2. The standard InChI is InChI=1S/C18H15N7O2.C17H13N5O3/c19-13-3-4-15(17-16(13)24-27-25-17)23-14-5-7-21-10-12(14)18(26)22-9-11-2-1-6-20-8-11;18-12-7-8-13(16-15(12)20-25-21-16)22(14-2-1-9-24-14)11-5-3-10(4-6-11)17(19)23/h1-8,10H,9,19H2,(H,21,23)(H,22,26);1-9H,18H2,(H2,19,23). The van der Waals surface area contributed by atoms with E-state index in [-0.39, 0.29) is 5.91 Å². The molecule has 0 aliphatic heterocycles. The lowest BCUT2D eigenvalue weighted by molar-refractivity contribution is 0.0950. The van der Waals surface area contributed by atoms with Gasteiger partial charge in [-0.15, -0.1) is 0 Å². The number of rotatable bonds is 9. The van der Waals surface area contributed by atoms with Crippen LogP contribution in [0.4, 0.5) is 40.0 Å². The van der Waals surface area contributed by atoms with Crippen molar-refractivity contribution in [2.45, 2.75) is 6.54 Å². The van der Waals surface area contributed by atoms with E-state index in [0.29, 0.717) is 74.1 Å². The van der Waals surface area contributed by atoms with Crippen LogP contribution in [0.15, 0.2) is 124 Å². The van der Waals surface area contributed by atoms with Crippen LogP contribution < -0.4 is 32.7 Å². The number of carbonyl (C=O) groups excluding carboxylic acids is 2. The number of fused-ring (bicyclic) bond motifs is 2. The van der Waals surface area contributed by atoms with E-state index in [2.05, 4.69) is 41.2 Å². The van der Waals surface area contributed by atoms with Gasteiger partial charge in [0.1, 0.15) is 0 Å². The number of hydrogen-bond donors (Lipinski definition) is 5. The molecule has 0 unspecified atom stereocenters. The van der Waals surface area contributed by atoms with Gasteiger partial charge in [-0.25, -0.2) is 9.26 Å². The van der Waals surface area contributed by atoms with Crippen LogP contribution in [0, 0.1) is 0 Å². The van der Waals surface area contributed by atoms with Gasteiger partial charge in [0.15, 0.2) is 22.1 Å². The molecule has 0 bridgehead atoms. The summed E-state index contributed by atoms with van der Waals surface area (Å²) in [5, 5.41) is 21.5. The van der Waals surface area contributed by atoms with Crippen molar-refractivity contribution < 1.29 is 23.3 Å². The highest BCUT2D eigenvalue weighted by atomic mass is 16.6. The van der Waals surface area contributed by atoms with E-state index in [1.807, 2.05) is 17.0 Å². The molecule has 2 amide bonds. The molecule has 52 heavy (non-hydrogen) atoms. The summed E-state index contributed by atoms with van der Waals surface area (Å²) in [4.78, 5) is 33.8. The molecule has 0 spiro atoms. The number of hydrogen-bond acceptors (Lipinski definition) is 15. The Hall–Kier alpha value is -7.82. The number of nitrogens with one attached hydrogen (secondary N) is 2. The van der Waals surface area contributed by atoms with Crippen LogP contribution in [-0.2, 0) is 6.54 Å². The van der Waals surface area contributed by atoms with E-state index in [4.69, 9.17) is 30.9 Å². The number of nitrogens with two attached hydrogens (primary N) is 3. The summed E-state index contributed by atoms with van der Waals surface area (Å²) in [6, 6.07) is 22.7. The van der Waals surface area contributed by atoms with Crippen LogP contribution in [0.2, 0.25) is 0 Å². The Bertz CT molecular complexity index is 2480. The Morgan fingerprint density at radius 3 is 2.13 bits per heavy atom. The summed E-state index contributed by atoms with van der Waals surface area (Å²) in [7, 11) is 0. The predicted molar refractivity (Wildman–Crippen MR) is 191 cm³/mol. The first-order chi connectivity index (χ1) is 25.4. The number of primary amides is 1. The summed E-state index contributed by atoms with van der Waals surface area (Å²) in [5.41, 5.74) is 24.2. The van der Waals surface area contributed by atoms with Gasteiger partial charge in [0, 0.05) is 48.6 Å². The molecule has 3 aromatic carbocycles. The summed E-state index contributed by atoms with van der Waals surface area (Å²) >= 11 is 0. The molecular weight excluding hydrogens is 668 g/mol. The van der Waals surface area contributed by atoms with Crippen molar-refractivity contribution in [3.05, 3.63) is 127 Å². The largest absolute Gasteiger partial charge is 0.448 e. The van der Waals surface area contributed by atoms with Gasteiger partial charge in [-0.2, -0.15) is 0 Å². The summed E-state index contributed by atoms with van der Waals surface area (Å²) < 4.78 is 15.2. The first kappa shape index (κ1) is 32.7. The second-order valence-corrected chi connectivity index (χ2v) is 11.1.